The monoisotopic (exact) mass is 1020 g/mol. The van der Waals surface area contributed by atoms with E-state index in [0.717, 1.165) is 44.7 Å². The van der Waals surface area contributed by atoms with E-state index >= 15 is 0 Å². The number of pyridine rings is 1. The van der Waals surface area contributed by atoms with E-state index in [2.05, 4.69) is 235 Å². The number of rotatable bonds is 9. The smallest absolute Gasteiger partial charge is 0.267 e. The summed E-state index contributed by atoms with van der Waals surface area (Å²) in [5.74, 6) is 2.03. The van der Waals surface area contributed by atoms with Gasteiger partial charge in [0, 0.05) is 61.3 Å². The first-order valence-electron chi connectivity index (χ1n) is 22.0. The molecule has 0 amide bonds. The van der Waals surface area contributed by atoms with Gasteiger partial charge in [-0.2, -0.15) is 18.2 Å². The summed E-state index contributed by atoms with van der Waals surface area (Å²) in [4.78, 5) is 4.94. The standard InChI is InChI=1S/C58H56N4O.Pt/c1-55(2,3)42-31-32-59-54(35-42)62-51-30-27-44(58(9,10)41-21-15-12-16-22-41)34-50(51)49-29-28-48(37-52(49)62)63-47-26-18-25-46(36-47)61-39-60(38-53(61)56(4,5)6)45-24-17-23-43(33-45)57(7,8)40-19-13-11-14-20-40;/h11-35,38H,1-10H3;/q-2;. The first-order valence-corrected chi connectivity index (χ1v) is 22.0. The van der Waals surface area contributed by atoms with Crippen molar-refractivity contribution in [1.29, 1.82) is 0 Å². The number of fused-ring (bicyclic) bond motifs is 3. The second-order valence-corrected chi connectivity index (χ2v) is 19.9. The molecule has 0 unspecified atom stereocenters. The molecule has 0 bridgehead atoms. The minimum atomic E-state index is -0.200. The molecule has 9 rings (SSSR count). The van der Waals surface area contributed by atoms with Crippen molar-refractivity contribution in [3.8, 4) is 28.7 Å². The van der Waals surface area contributed by atoms with Gasteiger partial charge in [-0.3, -0.25) is 4.57 Å². The molecule has 9 aromatic rings. The van der Waals surface area contributed by atoms with Gasteiger partial charge in [0.1, 0.15) is 5.82 Å². The van der Waals surface area contributed by atoms with Gasteiger partial charge in [-0.25, -0.2) is 4.98 Å². The fraction of sp³-hybridized carbons (Fsp3) is 0.241. The van der Waals surface area contributed by atoms with Crippen molar-refractivity contribution >= 4 is 21.8 Å². The van der Waals surface area contributed by atoms with Gasteiger partial charge in [0.05, 0.1) is 11.4 Å². The van der Waals surface area contributed by atoms with Crippen LogP contribution in [-0.4, -0.2) is 14.1 Å². The minimum Gasteiger partial charge on any atom is -0.510 e. The van der Waals surface area contributed by atoms with Gasteiger partial charge < -0.3 is 13.9 Å². The van der Waals surface area contributed by atoms with Crippen molar-refractivity contribution in [3.05, 3.63) is 210 Å². The van der Waals surface area contributed by atoms with Crippen LogP contribution in [-0.2, 0) is 42.7 Å². The number of ether oxygens (including phenoxy) is 1. The fourth-order valence-corrected chi connectivity index (χ4v) is 8.67. The van der Waals surface area contributed by atoms with Gasteiger partial charge in [-0.1, -0.05) is 160 Å². The maximum atomic E-state index is 6.68. The topological polar surface area (TPSA) is 35.9 Å². The molecule has 3 heterocycles. The Kier molecular flexibility index (Phi) is 11.7. The molecule has 0 radical (unpaired) electrons. The van der Waals surface area contributed by atoms with Crippen LogP contribution in [0, 0.1) is 18.5 Å². The summed E-state index contributed by atoms with van der Waals surface area (Å²) in [5, 5.41) is 2.23. The Hall–Kier alpha value is -6.03. The molecule has 64 heavy (non-hydrogen) atoms. The van der Waals surface area contributed by atoms with Gasteiger partial charge in [-0.05, 0) is 80.1 Å². The SMILES string of the molecule is CC(C)(C)c1ccnc(-n2c3[c-]c(Oc4[c-]c(-n5[c-][n+](-c6cccc(C(C)(C)c7ccccc7)c6)cc5C(C)(C)C)ccc4)ccc3c3cc(C(C)(C)c4ccccc4)ccc32)c1.[Pt]. The molecule has 6 heteroatoms. The van der Waals surface area contributed by atoms with Gasteiger partial charge in [0.2, 0.25) is 0 Å². The van der Waals surface area contributed by atoms with E-state index in [1.807, 2.05) is 24.4 Å². The molecule has 0 atom stereocenters. The second kappa shape index (κ2) is 16.8. The third kappa shape index (κ3) is 8.39. The quantitative estimate of drug-likeness (QED) is 0.107. The number of nitrogens with zero attached hydrogens (tertiary/aromatic N) is 4. The molecule has 0 saturated heterocycles. The number of aromatic nitrogens is 4. The van der Waals surface area contributed by atoms with Crippen molar-refractivity contribution in [2.45, 2.75) is 90.9 Å². The van der Waals surface area contributed by atoms with Crippen LogP contribution in [0.5, 0.6) is 11.5 Å². The van der Waals surface area contributed by atoms with Crippen LogP contribution < -0.4 is 9.30 Å². The summed E-state index contributed by atoms with van der Waals surface area (Å²) in [6, 6.07) is 58.8. The summed E-state index contributed by atoms with van der Waals surface area (Å²) < 4.78 is 13.1. The van der Waals surface area contributed by atoms with Crippen LogP contribution in [0.2, 0.25) is 0 Å². The first-order chi connectivity index (χ1) is 30.0. The molecule has 0 aliphatic rings. The molecular weight excluding hydrogens is 964 g/mol. The van der Waals surface area contributed by atoms with Crippen molar-refractivity contribution < 1.29 is 30.4 Å². The predicted octanol–water partition coefficient (Wildman–Crippen LogP) is 13.7. The van der Waals surface area contributed by atoms with Gasteiger partial charge in [0.25, 0.3) is 6.33 Å². The molecule has 0 aliphatic carbocycles. The number of hydrogen-bond acceptors (Lipinski definition) is 2. The number of benzene rings is 6. The Labute approximate surface area is 393 Å². The Bertz CT molecular complexity index is 3110. The Morgan fingerprint density at radius 2 is 1.16 bits per heavy atom. The zero-order valence-electron chi connectivity index (χ0n) is 38.5. The van der Waals surface area contributed by atoms with Crippen LogP contribution in [0.3, 0.4) is 0 Å². The molecule has 0 spiro atoms. The fourth-order valence-electron chi connectivity index (χ4n) is 8.67. The maximum Gasteiger partial charge on any atom is 0.267 e. The van der Waals surface area contributed by atoms with E-state index in [0.29, 0.717) is 11.5 Å². The summed E-state index contributed by atoms with van der Waals surface area (Å²) in [7, 11) is 0. The molecular formula is C58H56N4OPt-2. The summed E-state index contributed by atoms with van der Waals surface area (Å²) in [5.41, 5.74) is 10.6. The second-order valence-electron chi connectivity index (χ2n) is 19.9. The van der Waals surface area contributed by atoms with Crippen LogP contribution in [0.4, 0.5) is 0 Å². The van der Waals surface area contributed by atoms with Crippen LogP contribution in [0.25, 0.3) is 39.0 Å². The first kappa shape index (κ1) is 44.6. The predicted molar refractivity (Wildman–Crippen MR) is 257 cm³/mol. The Balaban J connectivity index is 0.00000560. The van der Waals surface area contributed by atoms with Crippen LogP contribution in [0.1, 0.15) is 103 Å². The Morgan fingerprint density at radius 1 is 0.531 bits per heavy atom. The van der Waals surface area contributed by atoms with Gasteiger partial charge in [-0.15, -0.1) is 29.7 Å². The molecule has 6 aromatic carbocycles. The average Bonchev–Trinajstić information content (AvgIpc) is 3.88. The number of hydrogen-bond donors (Lipinski definition) is 0. The molecule has 326 valence electrons. The third-order valence-electron chi connectivity index (χ3n) is 12.7. The summed E-state index contributed by atoms with van der Waals surface area (Å²) in [6.07, 6.45) is 7.76. The third-order valence-corrected chi connectivity index (χ3v) is 12.7. The maximum absolute atomic E-state index is 6.68. The molecule has 0 fully saturated rings. The van der Waals surface area contributed by atoms with Gasteiger partial charge in [0.15, 0.2) is 0 Å². The zero-order chi connectivity index (χ0) is 44.3. The molecule has 0 saturated carbocycles. The van der Waals surface area contributed by atoms with E-state index < -0.39 is 0 Å². The number of imidazole rings is 1. The van der Waals surface area contributed by atoms with E-state index in [1.165, 1.54) is 27.8 Å². The van der Waals surface area contributed by atoms with Gasteiger partial charge >= 0.3 is 0 Å². The molecule has 0 N–H and O–H groups in total. The normalized spacial score (nSPS) is 12.4. The zero-order valence-corrected chi connectivity index (χ0v) is 40.8. The van der Waals surface area contributed by atoms with E-state index in [-0.39, 0.29) is 42.7 Å². The molecule has 5 nitrogen and oxygen atoms in total. The Morgan fingerprint density at radius 3 is 1.81 bits per heavy atom. The van der Waals surface area contributed by atoms with Crippen molar-refractivity contribution in [2.24, 2.45) is 0 Å². The van der Waals surface area contributed by atoms with E-state index in [9.17, 15) is 0 Å². The van der Waals surface area contributed by atoms with E-state index in [4.69, 9.17) is 9.72 Å². The molecule has 3 aromatic heterocycles. The minimum absolute atomic E-state index is 0. The van der Waals surface area contributed by atoms with Crippen molar-refractivity contribution in [1.82, 2.24) is 14.1 Å². The van der Waals surface area contributed by atoms with Crippen molar-refractivity contribution in [2.75, 3.05) is 0 Å². The van der Waals surface area contributed by atoms with Crippen molar-refractivity contribution in [3.63, 3.8) is 0 Å². The van der Waals surface area contributed by atoms with E-state index in [1.54, 1.807) is 0 Å². The summed E-state index contributed by atoms with van der Waals surface area (Å²) >= 11 is 0. The summed E-state index contributed by atoms with van der Waals surface area (Å²) in [6.45, 7) is 22.5. The largest absolute Gasteiger partial charge is 0.510 e. The van der Waals surface area contributed by atoms with Crippen LogP contribution >= 0.6 is 0 Å². The average molecular weight is 1020 g/mol. The molecule has 0 aliphatic heterocycles. The van der Waals surface area contributed by atoms with Crippen LogP contribution in [0.15, 0.2) is 158 Å².